The molecule has 0 aliphatic carbocycles. The predicted octanol–water partition coefficient (Wildman–Crippen LogP) is 3.37. The van der Waals surface area contributed by atoms with Crippen molar-refractivity contribution in [3.05, 3.63) is 30.3 Å². The molecule has 0 N–H and O–H groups in total. The van der Waals surface area contributed by atoms with Crippen molar-refractivity contribution < 1.29 is 19.1 Å². The summed E-state index contributed by atoms with van der Waals surface area (Å²) in [6.45, 7) is 10.8. The Morgan fingerprint density at radius 3 is 1.96 bits per heavy atom. The minimum absolute atomic E-state index is 0.241. The van der Waals surface area contributed by atoms with Gasteiger partial charge in [-0.15, -0.1) is 0 Å². The number of carbonyl (C=O) groups excluding carboxylic acids is 2. The van der Waals surface area contributed by atoms with Crippen molar-refractivity contribution in [2.24, 2.45) is 11.8 Å². The Bertz CT molecular complexity index is 509. The first kappa shape index (κ1) is 20.4. The maximum Gasteiger partial charge on any atom is 0.320 e. The van der Waals surface area contributed by atoms with Gasteiger partial charge in [0.05, 0.1) is 21.3 Å². The van der Waals surface area contributed by atoms with Crippen molar-refractivity contribution in [3.8, 4) is 0 Å². The largest absolute Gasteiger partial charge is 0.465 e. The molecular weight excluding hydrogens is 320 g/mol. The molecule has 1 unspecified atom stereocenters. The van der Waals surface area contributed by atoms with E-state index in [1.54, 1.807) is 13.8 Å². The fourth-order valence-corrected chi connectivity index (χ4v) is 6.38. The topological polar surface area (TPSA) is 52.6 Å². The van der Waals surface area contributed by atoms with Crippen LogP contribution in [0.2, 0.25) is 19.1 Å². The second-order valence-corrected chi connectivity index (χ2v) is 11.6. The highest BCUT2D eigenvalue weighted by Gasteiger charge is 2.33. The first-order valence-electron chi connectivity index (χ1n) is 8.70. The standard InChI is InChI=1S/C19H30O4Si/c1-6-22-18(20)17(19(21)23-7-2)13-15(3)14-24(4,5)16-11-9-8-10-12-16/h8-12,15,17H,6-7,13-14H2,1-5H3. The van der Waals surface area contributed by atoms with Gasteiger partial charge < -0.3 is 9.47 Å². The zero-order valence-electron chi connectivity index (χ0n) is 15.5. The molecule has 0 amide bonds. The third-order valence-corrected chi connectivity index (χ3v) is 7.81. The zero-order chi connectivity index (χ0) is 18.2. The van der Waals surface area contributed by atoms with E-state index in [1.165, 1.54) is 5.19 Å². The van der Waals surface area contributed by atoms with Crippen LogP contribution in [-0.2, 0) is 19.1 Å². The van der Waals surface area contributed by atoms with Crippen LogP contribution in [0.15, 0.2) is 30.3 Å². The molecule has 0 aromatic heterocycles. The van der Waals surface area contributed by atoms with Gasteiger partial charge in [0.2, 0.25) is 0 Å². The van der Waals surface area contributed by atoms with Crippen molar-refractivity contribution in [1.82, 2.24) is 0 Å². The molecular formula is C19H30O4Si. The lowest BCUT2D eigenvalue weighted by atomic mass is 9.97. The molecule has 1 rings (SSSR count). The molecule has 0 aliphatic heterocycles. The Labute approximate surface area is 146 Å². The van der Waals surface area contributed by atoms with Crippen LogP contribution in [0.4, 0.5) is 0 Å². The van der Waals surface area contributed by atoms with Crippen molar-refractivity contribution in [2.75, 3.05) is 13.2 Å². The number of rotatable bonds is 9. The molecule has 0 saturated heterocycles. The van der Waals surface area contributed by atoms with Crippen molar-refractivity contribution in [2.45, 2.75) is 46.3 Å². The molecule has 5 heteroatoms. The molecule has 1 atom stereocenters. The van der Waals surface area contributed by atoms with E-state index in [4.69, 9.17) is 9.47 Å². The fraction of sp³-hybridized carbons (Fsp3) is 0.579. The van der Waals surface area contributed by atoms with E-state index in [9.17, 15) is 9.59 Å². The van der Waals surface area contributed by atoms with Crippen LogP contribution in [0.1, 0.15) is 27.2 Å². The minimum Gasteiger partial charge on any atom is -0.465 e. The van der Waals surface area contributed by atoms with Crippen molar-refractivity contribution in [3.63, 3.8) is 0 Å². The molecule has 1 aromatic rings. The van der Waals surface area contributed by atoms with Crippen LogP contribution in [0.3, 0.4) is 0 Å². The smallest absolute Gasteiger partial charge is 0.320 e. The van der Waals surface area contributed by atoms with E-state index < -0.39 is 25.9 Å². The first-order valence-corrected chi connectivity index (χ1v) is 11.9. The minimum atomic E-state index is -1.62. The van der Waals surface area contributed by atoms with E-state index >= 15 is 0 Å². The highest BCUT2D eigenvalue weighted by Crippen LogP contribution is 2.24. The van der Waals surface area contributed by atoms with E-state index in [0.29, 0.717) is 6.42 Å². The van der Waals surface area contributed by atoms with Gasteiger partial charge in [-0.25, -0.2) is 0 Å². The highest BCUT2D eigenvalue weighted by atomic mass is 28.3. The molecule has 24 heavy (non-hydrogen) atoms. The average Bonchev–Trinajstić information content (AvgIpc) is 2.53. The number of ether oxygens (including phenoxy) is 2. The third-order valence-electron chi connectivity index (χ3n) is 4.19. The lowest BCUT2D eigenvalue weighted by Gasteiger charge is -2.28. The Morgan fingerprint density at radius 2 is 1.50 bits per heavy atom. The Balaban J connectivity index is 2.78. The fourth-order valence-electron chi connectivity index (χ4n) is 3.14. The third kappa shape index (κ3) is 6.11. The van der Waals surface area contributed by atoms with Crippen LogP contribution in [0, 0.1) is 11.8 Å². The van der Waals surface area contributed by atoms with Gasteiger partial charge in [0.25, 0.3) is 0 Å². The summed E-state index contributed by atoms with van der Waals surface area (Å²) in [5.74, 6) is -1.52. The van der Waals surface area contributed by atoms with E-state index in [2.05, 4.69) is 44.3 Å². The summed E-state index contributed by atoms with van der Waals surface area (Å²) in [5.41, 5.74) is 0. The SMILES string of the molecule is CCOC(=O)C(CC(C)C[Si](C)(C)c1ccccc1)C(=O)OCC. The predicted molar refractivity (Wildman–Crippen MR) is 98.9 cm³/mol. The Kier molecular flexibility index (Phi) is 8.18. The summed E-state index contributed by atoms with van der Waals surface area (Å²) >= 11 is 0. The summed E-state index contributed by atoms with van der Waals surface area (Å²) in [7, 11) is -1.62. The molecule has 134 valence electrons. The maximum absolute atomic E-state index is 12.1. The summed E-state index contributed by atoms with van der Waals surface area (Å²) in [6, 6.07) is 11.5. The molecule has 0 aliphatic rings. The second kappa shape index (κ2) is 9.62. The highest BCUT2D eigenvalue weighted by molar-refractivity contribution is 6.89. The summed E-state index contributed by atoms with van der Waals surface area (Å²) < 4.78 is 10.1. The van der Waals surface area contributed by atoms with E-state index in [-0.39, 0.29) is 19.1 Å². The number of benzene rings is 1. The summed E-state index contributed by atoms with van der Waals surface area (Å²) in [4.78, 5) is 24.2. The number of hydrogen-bond donors (Lipinski definition) is 0. The van der Waals surface area contributed by atoms with Crippen molar-refractivity contribution >= 4 is 25.2 Å². The van der Waals surface area contributed by atoms with Gasteiger partial charge >= 0.3 is 11.9 Å². The van der Waals surface area contributed by atoms with Gasteiger partial charge in [0.1, 0.15) is 0 Å². The van der Waals surface area contributed by atoms with Crippen LogP contribution in [0.5, 0.6) is 0 Å². The van der Waals surface area contributed by atoms with Crippen LogP contribution in [-0.4, -0.2) is 33.2 Å². The lowest BCUT2D eigenvalue weighted by molar-refractivity contribution is -0.162. The summed E-state index contributed by atoms with van der Waals surface area (Å²) in [5, 5.41) is 1.39. The zero-order valence-corrected chi connectivity index (χ0v) is 16.5. The molecule has 0 saturated carbocycles. The Hall–Kier alpha value is -1.62. The van der Waals surface area contributed by atoms with Crippen LogP contribution < -0.4 is 5.19 Å². The number of hydrogen-bond acceptors (Lipinski definition) is 4. The average molecular weight is 351 g/mol. The first-order chi connectivity index (χ1) is 11.3. The quantitative estimate of drug-likeness (QED) is 0.389. The van der Waals surface area contributed by atoms with Gasteiger partial charge in [0.15, 0.2) is 5.92 Å². The van der Waals surface area contributed by atoms with Gasteiger partial charge in [-0.05, 0) is 26.2 Å². The molecule has 0 radical (unpaired) electrons. The Morgan fingerprint density at radius 1 is 1.00 bits per heavy atom. The number of esters is 2. The number of carbonyl (C=O) groups is 2. The van der Waals surface area contributed by atoms with Gasteiger partial charge in [-0.3, -0.25) is 9.59 Å². The lowest BCUT2D eigenvalue weighted by Crippen LogP contribution is -2.43. The molecule has 0 spiro atoms. The summed E-state index contributed by atoms with van der Waals surface area (Å²) in [6.07, 6.45) is 0.473. The van der Waals surface area contributed by atoms with Crippen LogP contribution in [0.25, 0.3) is 0 Å². The van der Waals surface area contributed by atoms with Gasteiger partial charge in [-0.1, -0.05) is 61.6 Å². The van der Waals surface area contributed by atoms with Crippen LogP contribution >= 0.6 is 0 Å². The monoisotopic (exact) mass is 350 g/mol. The second-order valence-electron chi connectivity index (χ2n) is 6.85. The van der Waals surface area contributed by atoms with Gasteiger partial charge in [0, 0.05) is 0 Å². The molecule has 0 heterocycles. The molecule has 4 nitrogen and oxygen atoms in total. The molecule has 1 aromatic carbocycles. The van der Waals surface area contributed by atoms with E-state index in [0.717, 1.165) is 6.04 Å². The van der Waals surface area contributed by atoms with E-state index in [1.807, 2.05) is 6.07 Å². The molecule has 0 fully saturated rings. The maximum atomic E-state index is 12.1. The van der Waals surface area contributed by atoms with Gasteiger partial charge in [-0.2, -0.15) is 0 Å². The molecule has 0 bridgehead atoms. The normalized spacial score (nSPS) is 12.8. The van der Waals surface area contributed by atoms with Crippen molar-refractivity contribution in [1.29, 1.82) is 0 Å².